The van der Waals surface area contributed by atoms with Crippen LogP contribution in [0.2, 0.25) is 0 Å². The average molecular weight is 218 g/mol. The molecule has 1 rings (SSSR count). The van der Waals surface area contributed by atoms with Crippen LogP contribution in [0.4, 0.5) is 5.69 Å². The van der Waals surface area contributed by atoms with Gasteiger partial charge < -0.3 is 10.2 Å². The van der Waals surface area contributed by atoms with E-state index in [1.807, 2.05) is 6.08 Å². The Kier molecular flexibility index (Phi) is 5.06. The lowest BCUT2D eigenvalue weighted by molar-refractivity contribution is 0.598. The first-order chi connectivity index (χ1) is 7.69. The number of likely N-dealkylation sites (N-methyl/N-ethyl adjacent to an activating group) is 1. The summed E-state index contributed by atoms with van der Waals surface area (Å²) in [5.41, 5.74) is 2.56. The number of benzene rings is 1. The zero-order chi connectivity index (χ0) is 12.0. The maximum Gasteiger partial charge on any atom is 0.0366 e. The van der Waals surface area contributed by atoms with Crippen LogP contribution in [-0.2, 0) is 0 Å². The minimum atomic E-state index is 0.420. The summed E-state index contributed by atoms with van der Waals surface area (Å²) < 4.78 is 0. The molecular weight excluding hydrogens is 196 g/mol. The van der Waals surface area contributed by atoms with Crippen LogP contribution in [0.1, 0.15) is 25.5 Å². The largest absolute Gasteiger partial charge is 0.371 e. The fraction of sp³-hybridized carbons (Fsp3) is 0.429. The van der Waals surface area contributed by atoms with E-state index in [1.165, 1.54) is 11.3 Å². The molecule has 0 amide bonds. The Hall–Kier alpha value is -1.28. The van der Waals surface area contributed by atoms with Crippen molar-refractivity contribution in [2.75, 3.05) is 25.0 Å². The zero-order valence-corrected chi connectivity index (χ0v) is 10.5. The predicted molar refractivity (Wildman–Crippen MR) is 72.0 cm³/mol. The van der Waals surface area contributed by atoms with Crippen molar-refractivity contribution in [1.29, 1.82) is 0 Å². The third-order valence-corrected chi connectivity index (χ3v) is 2.75. The van der Waals surface area contributed by atoms with Gasteiger partial charge in [0.2, 0.25) is 0 Å². The maximum absolute atomic E-state index is 3.74. The quantitative estimate of drug-likeness (QED) is 0.738. The molecular formula is C14H22N2. The minimum absolute atomic E-state index is 0.420. The topological polar surface area (TPSA) is 15.3 Å². The lowest BCUT2D eigenvalue weighted by Gasteiger charge is -2.19. The first-order valence-electron chi connectivity index (χ1n) is 5.84. The fourth-order valence-electron chi connectivity index (χ4n) is 1.74. The molecule has 0 aliphatic heterocycles. The Balaban J connectivity index is 2.70. The Bertz CT molecular complexity index is 316. The number of nitrogens with one attached hydrogen (secondary N) is 1. The van der Waals surface area contributed by atoms with Gasteiger partial charge >= 0.3 is 0 Å². The normalized spacial score (nSPS) is 12.2. The van der Waals surface area contributed by atoms with Gasteiger partial charge in [0.15, 0.2) is 0 Å². The Morgan fingerprint density at radius 1 is 1.38 bits per heavy atom. The van der Waals surface area contributed by atoms with Crippen LogP contribution >= 0.6 is 0 Å². The molecule has 88 valence electrons. The smallest absolute Gasteiger partial charge is 0.0366 e. The van der Waals surface area contributed by atoms with Gasteiger partial charge in [-0.3, -0.25) is 0 Å². The van der Waals surface area contributed by atoms with Crippen molar-refractivity contribution in [3.05, 3.63) is 42.5 Å². The molecule has 16 heavy (non-hydrogen) atoms. The Labute approximate surface area is 99.0 Å². The van der Waals surface area contributed by atoms with E-state index in [1.54, 1.807) is 0 Å². The van der Waals surface area contributed by atoms with Crippen LogP contribution < -0.4 is 10.2 Å². The second kappa shape index (κ2) is 6.33. The Morgan fingerprint density at radius 2 is 2.00 bits per heavy atom. The molecule has 0 spiro atoms. The first kappa shape index (κ1) is 12.8. The van der Waals surface area contributed by atoms with E-state index in [2.05, 4.69) is 62.0 Å². The number of nitrogens with zero attached hydrogens (tertiary/aromatic N) is 1. The molecule has 0 heterocycles. The van der Waals surface area contributed by atoms with Crippen molar-refractivity contribution in [2.45, 2.75) is 19.9 Å². The van der Waals surface area contributed by atoms with Gasteiger partial charge in [0, 0.05) is 25.3 Å². The second-order valence-corrected chi connectivity index (χ2v) is 4.04. The van der Waals surface area contributed by atoms with Crippen molar-refractivity contribution in [1.82, 2.24) is 5.32 Å². The summed E-state index contributed by atoms with van der Waals surface area (Å²) in [5, 5.41) is 3.41. The number of hydrogen-bond donors (Lipinski definition) is 1. The summed E-state index contributed by atoms with van der Waals surface area (Å²) in [4.78, 5) is 2.18. The molecule has 1 unspecified atom stereocenters. The molecule has 0 aliphatic rings. The van der Waals surface area contributed by atoms with Gasteiger partial charge in [-0.25, -0.2) is 0 Å². The molecule has 0 saturated carbocycles. The summed E-state index contributed by atoms with van der Waals surface area (Å²) in [6.45, 7) is 9.94. The van der Waals surface area contributed by atoms with E-state index < -0.39 is 0 Å². The van der Waals surface area contributed by atoms with Gasteiger partial charge in [-0.05, 0) is 31.2 Å². The van der Waals surface area contributed by atoms with Crippen LogP contribution in [-0.4, -0.2) is 20.1 Å². The van der Waals surface area contributed by atoms with Crippen molar-refractivity contribution in [2.24, 2.45) is 0 Å². The van der Waals surface area contributed by atoms with Gasteiger partial charge in [0.25, 0.3) is 0 Å². The van der Waals surface area contributed by atoms with Crippen molar-refractivity contribution < 1.29 is 0 Å². The molecule has 0 aliphatic carbocycles. The molecule has 1 aromatic carbocycles. The fourth-order valence-corrected chi connectivity index (χ4v) is 1.74. The molecule has 0 saturated heterocycles. The van der Waals surface area contributed by atoms with E-state index in [4.69, 9.17) is 0 Å². The van der Waals surface area contributed by atoms with Crippen LogP contribution in [0, 0.1) is 0 Å². The molecule has 0 aromatic heterocycles. The summed E-state index contributed by atoms with van der Waals surface area (Å²) in [6, 6.07) is 9.10. The number of anilines is 1. The highest BCUT2D eigenvalue weighted by molar-refractivity contribution is 5.47. The second-order valence-electron chi connectivity index (χ2n) is 4.04. The number of rotatable bonds is 6. The van der Waals surface area contributed by atoms with Crippen molar-refractivity contribution >= 4 is 5.69 Å². The molecule has 1 aromatic rings. The first-order valence-corrected chi connectivity index (χ1v) is 5.84. The summed E-state index contributed by atoms with van der Waals surface area (Å²) in [6.07, 6.45) is 1.91. The highest BCUT2D eigenvalue weighted by Gasteiger charge is 2.04. The van der Waals surface area contributed by atoms with Crippen LogP contribution in [0.5, 0.6) is 0 Å². The SMILES string of the molecule is C=CCN(C)c1ccc(C(C)NCC)cc1. The van der Waals surface area contributed by atoms with Crippen LogP contribution in [0.3, 0.4) is 0 Å². The standard InChI is InChI=1S/C14H22N2/c1-5-11-16(4)14-9-7-13(8-10-14)12(3)15-6-2/h5,7-10,12,15H,1,6,11H2,2-4H3. The minimum Gasteiger partial charge on any atom is -0.371 e. The molecule has 0 fully saturated rings. The van der Waals surface area contributed by atoms with E-state index in [0.29, 0.717) is 6.04 Å². The van der Waals surface area contributed by atoms with Gasteiger partial charge in [-0.15, -0.1) is 6.58 Å². The lowest BCUT2D eigenvalue weighted by atomic mass is 10.1. The summed E-state index contributed by atoms with van der Waals surface area (Å²) >= 11 is 0. The van der Waals surface area contributed by atoms with Crippen LogP contribution in [0.15, 0.2) is 36.9 Å². The highest BCUT2D eigenvalue weighted by atomic mass is 15.1. The van der Waals surface area contributed by atoms with Crippen molar-refractivity contribution in [3.63, 3.8) is 0 Å². The molecule has 2 nitrogen and oxygen atoms in total. The average Bonchev–Trinajstić information content (AvgIpc) is 2.30. The Morgan fingerprint density at radius 3 is 2.50 bits per heavy atom. The van der Waals surface area contributed by atoms with E-state index in [-0.39, 0.29) is 0 Å². The lowest BCUT2D eigenvalue weighted by Crippen LogP contribution is -2.19. The van der Waals surface area contributed by atoms with Crippen LogP contribution in [0.25, 0.3) is 0 Å². The zero-order valence-electron chi connectivity index (χ0n) is 10.5. The van der Waals surface area contributed by atoms with E-state index in [0.717, 1.165) is 13.1 Å². The van der Waals surface area contributed by atoms with Crippen molar-refractivity contribution in [3.8, 4) is 0 Å². The molecule has 0 bridgehead atoms. The van der Waals surface area contributed by atoms with Gasteiger partial charge in [-0.1, -0.05) is 25.1 Å². The molecule has 1 N–H and O–H groups in total. The monoisotopic (exact) mass is 218 g/mol. The third-order valence-electron chi connectivity index (χ3n) is 2.75. The highest BCUT2D eigenvalue weighted by Crippen LogP contribution is 2.18. The van der Waals surface area contributed by atoms with E-state index in [9.17, 15) is 0 Å². The summed E-state index contributed by atoms with van der Waals surface area (Å²) in [7, 11) is 2.07. The maximum atomic E-state index is 3.74. The number of hydrogen-bond acceptors (Lipinski definition) is 2. The summed E-state index contributed by atoms with van der Waals surface area (Å²) in [5.74, 6) is 0. The molecule has 2 heteroatoms. The van der Waals surface area contributed by atoms with Gasteiger partial charge in [-0.2, -0.15) is 0 Å². The van der Waals surface area contributed by atoms with E-state index >= 15 is 0 Å². The molecule has 1 atom stereocenters. The van der Waals surface area contributed by atoms with Gasteiger partial charge in [0.05, 0.1) is 0 Å². The van der Waals surface area contributed by atoms with Gasteiger partial charge in [0.1, 0.15) is 0 Å². The molecule has 0 radical (unpaired) electrons. The third kappa shape index (κ3) is 3.38. The predicted octanol–water partition coefficient (Wildman–Crippen LogP) is 2.98.